The standard InChI is InChI=1S/C26H40N6O3S2/c27-26(28)30-13-5-10-19(22(33)24-29-14-15-36-24)31-23(34)20-16-37-21-12-11-18(25(35)32(20)21)9-4-8-17-6-2-1-3-7-17/h14-15,17-21H,1-13,16H2,(H,31,34)(H4,27,28,30)/t18?,19?,20-,21?/m0/s1. The van der Waals surface area contributed by atoms with Crippen LogP contribution in [0.2, 0.25) is 0 Å². The zero-order valence-electron chi connectivity index (χ0n) is 21.5. The molecule has 4 rings (SSSR count). The van der Waals surface area contributed by atoms with E-state index in [1.165, 1.54) is 49.9 Å². The van der Waals surface area contributed by atoms with Crippen molar-refractivity contribution in [2.45, 2.75) is 94.5 Å². The Balaban J connectivity index is 1.35. The Morgan fingerprint density at radius 2 is 1.95 bits per heavy atom. The third-order valence-corrected chi connectivity index (χ3v) is 10.0. The van der Waals surface area contributed by atoms with Crippen molar-refractivity contribution in [3.05, 3.63) is 16.6 Å². The third-order valence-electron chi connectivity index (χ3n) is 7.87. The maximum absolute atomic E-state index is 13.5. The number of thiazole rings is 1. The van der Waals surface area contributed by atoms with Gasteiger partial charge in [0.05, 0.1) is 11.4 Å². The molecule has 204 valence electrons. The fourth-order valence-electron chi connectivity index (χ4n) is 5.89. The number of fused-ring (bicyclic) bond motifs is 1. The molecule has 3 heterocycles. The highest BCUT2D eigenvalue weighted by molar-refractivity contribution is 8.00. The van der Waals surface area contributed by atoms with E-state index in [1.807, 2.05) is 4.90 Å². The van der Waals surface area contributed by atoms with Crippen LogP contribution in [0.3, 0.4) is 0 Å². The summed E-state index contributed by atoms with van der Waals surface area (Å²) in [5.74, 6) is 1.01. The molecule has 3 unspecified atom stereocenters. The van der Waals surface area contributed by atoms with Gasteiger partial charge in [-0.05, 0) is 38.0 Å². The van der Waals surface area contributed by atoms with Crippen molar-refractivity contribution in [2.75, 3.05) is 12.3 Å². The number of Topliss-reactive ketones (excluding diaryl/α,β-unsaturated/α-hetero) is 1. The first-order valence-corrected chi connectivity index (χ1v) is 15.6. The van der Waals surface area contributed by atoms with Crippen LogP contribution < -0.4 is 16.8 Å². The summed E-state index contributed by atoms with van der Waals surface area (Å²) in [4.78, 5) is 50.0. The van der Waals surface area contributed by atoms with Gasteiger partial charge < -0.3 is 21.7 Å². The summed E-state index contributed by atoms with van der Waals surface area (Å²) in [6.07, 6.45) is 14.3. The van der Waals surface area contributed by atoms with Gasteiger partial charge in [-0.1, -0.05) is 44.9 Å². The molecule has 9 nitrogen and oxygen atoms in total. The number of hydrogen-bond acceptors (Lipinski definition) is 7. The molecule has 2 saturated heterocycles. The first-order valence-electron chi connectivity index (χ1n) is 13.7. The number of carbonyl (C=O) groups excluding carboxylic acids is 3. The van der Waals surface area contributed by atoms with Crippen LogP contribution in [0, 0.1) is 11.8 Å². The predicted octanol–water partition coefficient (Wildman–Crippen LogP) is 3.29. The average Bonchev–Trinajstić information content (AvgIpc) is 3.58. The Bertz CT molecular complexity index is 946. The van der Waals surface area contributed by atoms with E-state index in [9.17, 15) is 14.4 Å². The number of rotatable bonds is 12. The summed E-state index contributed by atoms with van der Waals surface area (Å²) in [6.45, 7) is 0.369. The van der Waals surface area contributed by atoms with Crippen molar-refractivity contribution in [3.63, 3.8) is 0 Å². The summed E-state index contributed by atoms with van der Waals surface area (Å²) in [7, 11) is 0. The lowest BCUT2D eigenvalue weighted by atomic mass is 9.83. The van der Waals surface area contributed by atoms with E-state index in [4.69, 9.17) is 11.5 Å². The van der Waals surface area contributed by atoms with Crippen LogP contribution in [0.4, 0.5) is 0 Å². The van der Waals surface area contributed by atoms with E-state index < -0.39 is 12.1 Å². The summed E-state index contributed by atoms with van der Waals surface area (Å²) in [5, 5.41) is 5.10. The van der Waals surface area contributed by atoms with Gasteiger partial charge in [0, 0.05) is 29.8 Å². The zero-order chi connectivity index (χ0) is 26.2. The molecule has 0 bridgehead atoms. The lowest BCUT2D eigenvalue weighted by Crippen LogP contribution is -2.56. The second kappa shape index (κ2) is 13.6. The molecule has 1 saturated carbocycles. The van der Waals surface area contributed by atoms with Crippen LogP contribution in [0.25, 0.3) is 0 Å². The highest BCUT2D eigenvalue weighted by Gasteiger charge is 2.46. The molecule has 1 aromatic rings. The first-order chi connectivity index (χ1) is 17.9. The third kappa shape index (κ3) is 7.46. The number of nitrogens with one attached hydrogen (secondary N) is 1. The highest BCUT2D eigenvalue weighted by atomic mass is 32.2. The van der Waals surface area contributed by atoms with Crippen LogP contribution in [-0.4, -0.2) is 63.2 Å². The normalized spacial score (nSPS) is 24.9. The topological polar surface area (TPSA) is 144 Å². The molecule has 37 heavy (non-hydrogen) atoms. The molecule has 3 fully saturated rings. The van der Waals surface area contributed by atoms with Crippen LogP contribution >= 0.6 is 23.1 Å². The van der Waals surface area contributed by atoms with E-state index in [1.54, 1.807) is 23.3 Å². The van der Waals surface area contributed by atoms with Gasteiger partial charge in [-0.15, -0.1) is 23.1 Å². The average molecular weight is 549 g/mol. The maximum Gasteiger partial charge on any atom is 0.244 e. The molecule has 2 aliphatic heterocycles. The van der Waals surface area contributed by atoms with Crippen molar-refractivity contribution in [2.24, 2.45) is 28.3 Å². The molecule has 11 heteroatoms. The van der Waals surface area contributed by atoms with Gasteiger partial charge in [0.25, 0.3) is 0 Å². The van der Waals surface area contributed by atoms with Gasteiger partial charge in [0.15, 0.2) is 11.0 Å². The van der Waals surface area contributed by atoms with E-state index >= 15 is 0 Å². The van der Waals surface area contributed by atoms with E-state index in [0.29, 0.717) is 30.1 Å². The Morgan fingerprint density at radius 1 is 1.14 bits per heavy atom. The Kier molecular flexibility index (Phi) is 10.2. The first kappa shape index (κ1) is 27.9. The van der Waals surface area contributed by atoms with Crippen molar-refractivity contribution < 1.29 is 14.4 Å². The molecule has 0 aromatic carbocycles. The molecule has 1 aromatic heterocycles. The number of aliphatic imine (C=N–C) groups is 1. The van der Waals surface area contributed by atoms with Crippen LogP contribution in [0.15, 0.2) is 16.6 Å². The molecule has 2 amide bonds. The second-order valence-corrected chi connectivity index (χ2v) is 12.6. The van der Waals surface area contributed by atoms with Crippen LogP contribution in [0.5, 0.6) is 0 Å². The molecule has 5 N–H and O–H groups in total. The summed E-state index contributed by atoms with van der Waals surface area (Å²) in [5.41, 5.74) is 10.8. The van der Waals surface area contributed by atoms with Crippen LogP contribution in [0.1, 0.15) is 86.9 Å². The number of piperidine rings is 1. The number of nitrogens with zero attached hydrogens (tertiary/aromatic N) is 3. The zero-order valence-corrected chi connectivity index (χ0v) is 23.1. The molecule has 1 aliphatic carbocycles. The molecule has 4 atom stereocenters. The highest BCUT2D eigenvalue weighted by Crippen LogP contribution is 2.40. The number of thioether (sulfide) groups is 1. The number of ketones is 1. The number of amides is 2. The van der Waals surface area contributed by atoms with Gasteiger partial charge in [0.2, 0.25) is 17.6 Å². The SMILES string of the molecule is NC(N)=NCCCC(NC(=O)[C@@H]1CSC2CCC(CCCC3CCCCC3)C(=O)N21)C(=O)c1nccs1. The van der Waals surface area contributed by atoms with E-state index in [2.05, 4.69) is 15.3 Å². The predicted molar refractivity (Wildman–Crippen MR) is 148 cm³/mol. The van der Waals surface area contributed by atoms with Crippen LogP contribution in [-0.2, 0) is 9.59 Å². The van der Waals surface area contributed by atoms with Gasteiger partial charge in [-0.2, -0.15) is 0 Å². The van der Waals surface area contributed by atoms with Crippen molar-refractivity contribution in [1.29, 1.82) is 0 Å². The van der Waals surface area contributed by atoms with Gasteiger partial charge in [-0.3, -0.25) is 19.4 Å². The van der Waals surface area contributed by atoms with E-state index in [-0.39, 0.29) is 34.8 Å². The minimum atomic E-state index is -0.733. The minimum Gasteiger partial charge on any atom is -0.370 e. The molecular weight excluding hydrogens is 508 g/mol. The maximum atomic E-state index is 13.5. The molecule has 0 radical (unpaired) electrons. The summed E-state index contributed by atoms with van der Waals surface area (Å²) >= 11 is 2.93. The Morgan fingerprint density at radius 3 is 2.68 bits per heavy atom. The Labute approximate surface area is 227 Å². The smallest absolute Gasteiger partial charge is 0.244 e. The number of nitrogens with two attached hydrogens (primary N) is 2. The fourth-order valence-corrected chi connectivity index (χ4v) is 7.95. The fraction of sp³-hybridized carbons (Fsp3) is 0.731. The lowest BCUT2D eigenvalue weighted by molar-refractivity contribution is -0.146. The number of aromatic nitrogens is 1. The van der Waals surface area contributed by atoms with Gasteiger partial charge in [0.1, 0.15) is 6.04 Å². The largest absolute Gasteiger partial charge is 0.370 e. The van der Waals surface area contributed by atoms with Crippen molar-refractivity contribution >= 4 is 46.7 Å². The van der Waals surface area contributed by atoms with Gasteiger partial charge in [-0.25, -0.2) is 4.98 Å². The quantitative estimate of drug-likeness (QED) is 0.157. The van der Waals surface area contributed by atoms with E-state index in [0.717, 1.165) is 31.6 Å². The molecular formula is C26H40N6O3S2. The minimum absolute atomic E-state index is 0.00108. The molecule has 3 aliphatic rings. The number of carbonyl (C=O) groups is 3. The van der Waals surface area contributed by atoms with Gasteiger partial charge >= 0.3 is 0 Å². The second-order valence-electron chi connectivity index (χ2n) is 10.5. The molecule has 0 spiro atoms. The number of guanidine groups is 1. The summed E-state index contributed by atoms with van der Waals surface area (Å²) in [6, 6.07) is -1.28. The Hall–Kier alpha value is -2.14. The van der Waals surface area contributed by atoms with Crippen molar-refractivity contribution in [3.8, 4) is 0 Å². The monoisotopic (exact) mass is 548 g/mol. The van der Waals surface area contributed by atoms with Crippen molar-refractivity contribution in [1.82, 2.24) is 15.2 Å². The number of hydrogen-bond donors (Lipinski definition) is 3. The lowest BCUT2D eigenvalue weighted by Gasteiger charge is -2.37. The summed E-state index contributed by atoms with van der Waals surface area (Å²) < 4.78 is 0.